The zero-order chi connectivity index (χ0) is 14.4. The molecule has 0 radical (unpaired) electrons. The molecule has 1 amide bonds. The lowest BCUT2D eigenvalue weighted by atomic mass is 9.88. The van der Waals surface area contributed by atoms with Crippen molar-refractivity contribution < 1.29 is 14.7 Å². The molecule has 0 aliphatic carbocycles. The van der Waals surface area contributed by atoms with E-state index in [2.05, 4.69) is 0 Å². The molecule has 0 fully saturated rings. The van der Waals surface area contributed by atoms with Gasteiger partial charge in [-0.3, -0.25) is 4.79 Å². The van der Waals surface area contributed by atoms with E-state index in [4.69, 9.17) is 5.11 Å². The SMILES string of the molecule is CC(=O)N1c2ccc(C(=O)O)cc2C(C)=CC1(C)C. The van der Waals surface area contributed by atoms with E-state index in [1.807, 2.05) is 26.8 Å². The first-order valence-corrected chi connectivity index (χ1v) is 6.12. The number of hydrogen-bond acceptors (Lipinski definition) is 2. The summed E-state index contributed by atoms with van der Waals surface area (Å²) in [5, 5.41) is 9.05. The molecule has 1 aromatic rings. The first kappa shape index (κ1) is 13.3. The van der Waals surface area contributed by atoms with Gasteiger partial charge in [0.15, 0.2) is 0 Å². The highest BCUT2D eigenvalue weighted by atomic mass is 16.4. The van der Waals surface area contributed by atoms with Crippen LogP contribution in [0.3, 0.4) is 0 Å². The standard InChI is InChI=1S/C15H17NO3/c1-9-8-15(3,4)16(10(2)17)13-6-5-11(14(18)19)7-12(9)13/h5-8H,1-4H3,(H,18,19). The molecule has 1 aliphatic rings. The molecular weight excluding hydrogens is 242 g/mol. The summed E-state index contributed by atoms with van der Waals surface area (Å²) in [6.45, 7) is 7.38. The summed E-state index contributed by atoms with van der Waals surface area (Å²) >= 11 is 0. The molecule has 0 saturated heterocycles. The number of amides is 1. The van der Waals surface area contributed by atoms with Crippen molar-refractivity contribution >= 4 is 23.1 Å². The van der Waals surface area contributed by atoms with Crippen LogP contribution in [-0.4, -0.2) is 22.5 Å². The number of aromatic carboxylic acids is 1. The van der Waals surface area contributed by atoms with Gasteiger partial charge in [-0.25, -0.2) is 4.79 Å². The molecule has 0 atom stereocenters. The van der Waals surface area contributed by atoms with Crippen molar-refractivity contribution in [1.82, 2.24) is 0 Å². The molecule has 4 nitrogen and oxygen atoms in total. The van der Waals surface area contributed by atoms with Crippen LogP contribution in [0, 0.1) is 0 Å². The lowest BCUT2D eigenvalue weighted by Gasteiger charge is -2.41. The molecule has 0 aromatic heterocycles. The molecule has 1 aromatic carbocycles. The molecule has 1 aliphatic heterocycles. The lowest BCUT2D eigenvalue weighted by molar-refractivity contribution is -0.117. The summed E-state index contributed by atoms with van der Waals surface area (Å²) in [6.07, 6.45) is 1.99. The van der Waals surface area contributed by atoms with Crippen LogP contribution in [0.4, 0.5) is 5.69 Å². The molecule has 0 bridgehead atoms. The number of carboxylic acid groups (broad SMARTS) is 1. The van der Waals surface area contributed by atoms with Gasteiger partial charge in [-0.1, -0.05) is 6.08 Å². The summed E-state index contributed by atoms with van der Waals surface area (Å²) in [6, 6.07) is 4.86. The van der Waals surface area contributed by atoms with E-state index in [0.29, 0.717) is 0 Å². The summed E-state index contributed by atoms with van der Waals surface area (Å²) in [7, 11) is 0. The lowest BCUT2D eigenvalue weighted by Crippen LogP contribution is -2.47. The van der Waals surface area contributed by atoms with Gasteiger partial charge in [-0.15, -0.1) is 0 Å². The van der Waals surface area contributed by atoms with Crippen molar-refractivity contribution in [2.45, 2.75) is 33.2 Å². The normalized spacial score (nSPS) is 16.6. The Morgan fingerprint density at radius 2 is 1.89 bits per heavy atom. The van der Waals surface area contributed by atoms with Crippen LogP contribution >= 0.6 is 0 Å². The third-order valence-electron chi connectivity index (χ3n) is 3.37. The highest BCUT2D eigenvalue weighted by Crippen LogP contribution is 2.39. The van der Waals surface area contributed by atoms with Gasteiger partial charge in [0, 0.05) is 12.5 Å². The number of fused-ring (bicyclic) bond motifs is 1. The van der Waals surface area contributed by atoms with Crippen LogP contribution in [0.1, 0.15) is 43.6 Å². The molecule has 100 valence electrons. The largest absolute Gasteiger partial charge is 0.478 e. The third kappa shape index (κ3) is 2.14. The molecule has 2 rings (SSSR count). The second kappa shape index (κ2) is 4.23. The molecule has 4 heteroatoms. The van der Waals surface area contributed by atoms with Crippen molar-refractivity contribution in [3.8, 4) is 0 Å². The molecule has 1 N–H and O–H groups in total. The fraction of sp³-hybridized carbons (Fsp3) is 0.333. The predicted molar refractivity (Wildman–Crippen MR) is 74.3 cm³/mol. The Kier molecular flexibility index (Phi) is 2.97. The van der Waals surface area contributed by atoms with Gasteiger partial charge in [0.1, 0.15) is 0 Å². The van der Waals surface area contributed by atoms with Gasteiger partial charge in [0.25, 0.3) is 0 Å². The van der Waals surface area contributed by atoms with E-state index in [-0.39, 0.29) is 11.5 Å². The number of benzene rings is 1. The number of rotatable bonds is 1. The summed E-state index contributed by atoms with van der Waals surface area (Å²) < 4.78 is 0. The van der Waals surface area contributed by atoms with Crippen molar-refractivity contribution in [3.63, 3.8) is 0 Å². The Bertz CT molecular complexity index is 599. The molecule has 0 saturated carbocycles. The van der Waals surface area contributed by atoms with Crippen molar-refractivity contribution in [1.29, 1.82) is 0 Å². The first-order chi connectivity index (χ1) is 8.74. The summed E-state index contributed by atoms with van der Waals surface area (Å²) in [5.74, 6) is -1.02. The second-order valence-electron chi connectivity index (χ2n) is 5.37. The van der Waals surface area contributed by atoms with Crippen LogP contribution in [0.2, 0.25) is 0 Å². The summed E-state index contributed by atoms with van der Waals surface area (Å²) in [5.41, 5.74) is 2.38. The van der Waals surface area contributed by atoms with E-state index >= 15 is 0 Å². The average Bonchev–Trinajstić information content (AvgIpc) is 2.26. The molecule has 19 heavy (non-hydrogen) atoms. The van der Waals surface area contributed by atoms with Crippen molar-refractivity contribution in [2.75, 3.05) is 4.90 Å². The van der Waals surface area contributed by atoms with Crippen LogP contribution in [0.15, 0.2) is 24.3 Å². The monoisotopic (exact) mass is 259 g/mol. The topological polar surface area (TPSA) is 57.6 Å². The van der Waals surface area contributed by atoms with Gasteiger partial charge in [0.2, 0.25) is 5.91 Å². The predicted octanol–water partition coefficient (Wildman–Crippen LogP) is 2.93. The number of nitrogens with zero attached hydrogens (tertiary/aromatic N) is 1. The van der Waals surface area contributed by atoms with E-state index in [0.717, 1.165) is 16.8 Å². The van der Waals surface area contributed by atoms with Gasteiger partial charge in [-0.05, 0) is 44.5 Å². The van der Waals surface area contributed by atoms with E-state index in [1.165, 1.54) is 13.0 Å². The van der Waals surface area contributed by atoms with Crippen LogP contribution < -0.4 is 4.90 Å². The first-order valence-electron chi connectivity index (χ1n) is 6.12. The number of anilines is 1. The molecule has 0 spiro atoms. The van der Waals surface area contributed by atoms with Crippen LogP contribution in [0.25, 0.3) is 5.57 Å². The number of allylic oxidation sites excluding steroid dienone is 1. The minimum Gasteiger partial charge on any atom is -0.478 e. The van der Waals surface area contributed by atoms with Crippen molar-refractivity contribution in [3.05, 3.63) is 35.4 Å². The Morgan fingerprint density at radius 3 is 2.42 bits per heavy atom. The number of hydrogen-bond donors (Lipinski definition) is 1. The quantitative estimate of drug-likeness (QED) is 0.843. The Labute approximate surface area is 112 Å². The fourth-order valence-corrected chi connectivity index (χ4v) is 2.74. The highest BCUT2D eigenvalue weighted by molar-refractivity contribution is 6.00. The average molecular weight is 259 g/mol. The Morgan fingerprint density at radius 1 is 1.26 bits per heavy atom. The Balaban J connectivity index is 2.68. The Hall–Kier alpha value is -2.10. The maximum atomic E-state index is 11.9. The molecular formula is C15H17NO3. The summed E-state index contributed by atoms with van der Waals surface area (Å²) in [4.78, 5) is 24.6. The van der Waals surface area contributed by atoms with Gasteiger partial charge in [-0.2, -0.15) is 0 Å². The van der Waals surface area contributed by atoms with Crippen molar-refractivity contribution in [2.24, 2.45) is 0 Å². The molecule has 0 unspecified atom stereocenters. The maximum absolute atomic E-state index is 11.9. The minimum absolute atomic E-state index is 0.0573. The number of carbonyl (C=O) groups excluding carboxylic acids is 1. The zero-order valence-corrected chi connectivity index (χ0v) is 11.5. The zero-order valence-electron chi connectivity index (χ0n) is 11.5. The van der Waals surface area contributed by atoms with Gasteiger partial charge < -0.3 is 10.0 Å². The number of carbonyl (C=O) groups is 2. The smallest absolute Gasteiger partial charge is 0.335 e. The second-order valence-corrected chi connectivity index (χ2v) is 5.37. The fourth-order valence-electron chi connectivity index (χ4n) is 2.74. The highest BCUT2D eigenvalue weighted by Gasteiger charge is 2.34. The third-order valence-corrected chi connectivity index (χ3v) is 3.37. The number of carboxylic acids is 1. The molecule has 1 heterocycles. The van der Waals surface area contributed by atoms with Crippen LogP contribution in [-0.2, 0) is 4.79 Å². The van der Waals surface area contributed by atoms with E-state index in [9.17, 15) is 9.59 Å². The van der Waals surface area contributed by atoms with Gasteiger partial charge >= 0.3 is 5.97 Å². The maximum Gasteiger partial charge on any atom is 0.335 e. The van der Waals surface area contributed by atoms with E-state index in [1.54, 1.807) is 17.0 Å². The minimum atomic E-state index is -0.963. The van der Waals surface area contributed by atoms with E-state index < -0.39 is 11.5 Å². The van der Waals surface area contributed by atoms with Gasteiger partial charge in [0.05, 0.1) is 16.8 Å². The van der Waals surface area contributed by atoms with Crippen LogP contribution in [0.5, 0.6) is 0 Å².